The maximum absolute atomic E-state index is 12.6. The molecule has 0 spiro atoms. The Labute approximate surface area is 134 Å². The van der Waals surface area contributed by atoms with Crippen LogP contribution in [0.4, 0.5) is 13.2 Å². The van der Waals surface area contributed by atoms with Crippen molar-refractivity contribution in [1.82, 2.24) is 4.31 Å². The maximum atomic E-state index is 12.6. The predicted octanol–water partition coefficient (Wildman–Crippen LogP) is 3.49. The molecule has 0 aliphatic carbocycles. The van der Waals surface area contributed by atoms with Crippen molar-refractivity contribution in [3.8, 4) is 0 Å². The van der Waals surface area contributed by atoms with Crippen LogP contribution in [0.25, 0.3) is 0 Å². The molecular weight excluding hydrogens is 395 g/mol. The molecule has 1 rings (SSSR count). The average molecular weight is 410 g/mol. The van der Waals surface area contributed by atoms with E-state index in [0.717, 1.165) is 11.3 Å². The van der Waals surface area contributed by atoms with Crippen LogP contribution >= 0.6 is 27.3 Å². The van der Waals surface area contributed by atoms with Crippen molar-refractivity contribution in [2.45, 2.75) is 23.7 Å². The van der Waals surface area contributed by atoms with Crippen molar-refractivity contribution in [3.63, 3.8) is 0 Å². The molecule has 10 heteroatoms. The van der Waals surface area contributed by atoms with Gasteiger partial charge in [-0.1, -0.05) is 0 Å². The predicted molar refractivity (Wildman–Crippen MR) is 77.9 cm³/mol. The fourth-order valence-corrected chi connectivity index (χ4v) is 5.47. The molecule has 0 radical (unpaired) electrons. The molecule has 1 aromatic rings. The largest absolute Gasteiger partial charge is 0.402 e. The van der Waals surface area contributed by atoms with E-state index in [-0.39, 0.29) is 28.3 Å². The van der Waals surface area contributed by atoms with Crippen molar-refractivity contribution in [2.24, 2.45) is 0 Å². The molecule has 0 fully saturated rings. The second-order valence-electron chi connectivity index (χ2n) is 4.06. The molecule has 1 aromatic heterocycles. The summed E-state index contributed by atoms with van der Waals surface area (Å²) >= 11 is 3.92. The molecule has 0 amide bonds. The zero-order chi connectivity index (χ0) is 16.1. The molecule has 0 aromatic carbocycles. The van der Waals surface area contributed by atoms with E-state index >= 15 is 0 Å². The monoisotopic (exact) mass is 409 g/mol. The molecule has 0 aliphatic rings. The summed E-state index contributed by atoms with van der Waals surface area (Å²) in [6, 6.07) is 1.49. The van der Waals surface area contributed by atoms with Gasteiger partial charge < -0.3 is 4.74 Å². The van der Waals surface area contributed by atoms with Crippen LogP contribution in [-0.4, -0.2) is 45.2 Å². The highest BCUT2D eigenvalue weighted by molar-refractivity contribution is 9.10. The summed E-state index contributed by atoms with van der Waals surface area (Å²) < 4.78 is 68.1. The van der Waals surface area contributed by atoms with Gasteiger partial charge in [-0.25, -0.2) is 8.42 Å². The first-order chi connectivity index (χ1) is 9.68. The summed E-state index contributed by atoms with van der Waals surface area (Å²) in [6.45, 7) is 0.652. The van der Waals surface area contributed by atoms with Gasteiger partial charge in [-0.15, -0.1) is 11.3 Å². The number of thiophene rings is 1. The Kier molecular flexibility index (Phi) is 7.11. The number of halogens is 4. The summed E-state index contributed by atoms with van der Waals surface area (Å²) in [5.74, 6) is 0. The summed E-state index contributed by atoms with van der Waals surface area (Å²) in [5, 5.41) is 1.50. The number of hydrogen-bond acceptors (Lipinski definition) is 4. The lowest BCUT2D eigenvalue weighted by molar-refractivity contribution is -0.136. The second-order valence-corrected chi connectivity index (χ2v) is 7.96. The standard InChI is InChI=1S/C11H15BrF3NO3S2/c1-2-19-6-3-5-16(8-11(13,14)15)21(17,18)10-9(12)4-7-20-10/h4,7H,2-3,5-6,8H2,1H3. The first-order valence-corrected chi connectivity index (χ1v) is 9.17. The van der Waals surface area contributed by atoms with Gasteiger partial charge in [-0.05, 0) is 40.7 Å². The summed E-state index contributed by atoms with van der Waals surface area (Å²) in [6.07, 6.45) is -4.39. The molecule has 4 nitrogen and oxygen atoms in total. The molecule has 1 heterocycles. The third-order valence-electron chi connectivity index (χ3n) is 2.41. The SMILES string of the molecule is CCOCCCN(CC(F)(F)F)S(=O)(=O)c1sccc1Br. The number of rotatable bonds is 8. The Hall–Kier alpha value is -0.160. The zero-order valence-electron chi connectivity index (χ0n) is 11.2. The van der Waals surface area contributed by atoms with E-state index in [9.17, 15) is 21.6 Å². The van der Waals surface area contributed by atoms with Crippen molar-refractivity contribution >= 4 is 37.3 Å². The van der Waals surface area contributed by atoms with Crippen LogP contribution in [-0.2, 0) is 14.8 Å². The van der Waals surface area contributed by atoms with Crippen LogP contribution in [0, 0.1) is 0 Å². The number of hydrogen-bond donors (Lipinski definition) is 0. The maximum Gasteiger partial charge on any atom is 0.402 e. The van der Waals surface area contributed by atoms with E-state index in [4.69, 9.17) is 4.74 Å². The van der Waals surface area contributed by atoms with Gasteiger partial charge in [0.2, 0.25) is 0 Å². The Balaban J connectivity index is 2.92. The third kappa shape index (κ3) is 5.85. The number of sulfonamides is 1. The molecule has 0 atom stereocenters. The minimum Gasteiger partial charge on any atom is -0.382 e. The summed E-state index contributed by atoms with van der Waals surface area (Å²) in [5.41, 5.74) is 0. The first kappa shape index (κ1) is 18.9. The molecule has 122 valence electrons. The van der Waals surface area contributed by atoms with Crippen molar-refractivity contribution in [1.29, 1.82) is 0 Å². The Morgan fingerprint density at radius 1 is 1.43 bits per heavy atom. The van der Waals surface area contributed by atoms with Crippen LogP contribution in [0.3, 0.4) is 0 Å². The van der Waals surface area contributed by atoms with Gasteiger partial charge in [-0.2, -0.15) is 17.5 Å². The summed E-state index contributed by atoms with van der Waals surface area (Å²) in [4.78, 5) is 0. The third-order valence-corrected chi connectivity index (χ3v) is 6.91. The Morgan fingerprint density at radius 3 is 2.57 bits per heavy atom. The molecule has 21 heavy (non-hydrogen) atoms. The summed E-state index contributed by atoms with van der Waals surface area (Å²) in [7, 11) is -4.18. The molecule has 0 saturated heterocycles. The van der Waals surface area contributed by atoms with Gasteiger partial charge >= 0.3 is 6.18 Å². The van der Waals surface area contributed by atoms with E-state index in [1.54, 1.807) is 6.92 Å². The van der Waals surface area contributed by atoms with E-state index < -0.39 is 22.7 Å². The fourth-order valence-electron chi connectivity index (χ4n) is 1.55. The average Bonchev–Trinajstić information content (AvgIpc) is 2.78. The number of ether oxygens (including phenoxy) is 1. The van der Waals surface area contributed by atoms with Gasteiger partial charge in [0.05, 0.1) is 0 Å². The van der Waals surface area contributed by atoms with Crippen molar-refractivity contribution in [3.05, 3.63) is 15.9 Å². The molecule has 0 unspecified atom stereocenters. The molecule has 0 saturated carbocycles. The van der Waals surface area contributed by atoms with Gasteiger partial charge in [0.15, 0.2) is 0 Å². The topological polar surface area (TPSA) is 46.6 Å². The molecule has 0 bridgehead atoms. The highest BCUT2D eigenvalue weighted by atomic mass is 79.9. The minimum absolute atomic E-state index is 0.122. The lowest BCUT2D eigenvalue weighted by Gasteiger charge is -2.22. The van der Waals surface area contributed by atoms with Gasteiger partial charge in [0.25, 0.3) is 10.0 Å². The highest BCUT2D eigenvalue weighted by Crippen LogP contribution is 2.31. The second kappa shape index (κ2) is 7.91. The smallest absolute Gasteiger partial charge is 0.382 e. The lowest BCUT2D eigenvalue weighted by Crippen LogP contribution is -2.39. The highest BCUT2D eigenvalue weighted by Gasteiger charge is 2.37. The van der Waals surface area contributed by atoms with Crippen molar-refractivity contribution < 1.29 is 26.3 Å². The molecule has 0 N–H and O–H groups in total. The van der Waals surface area contributed by atoms with E-state index in [1.807, 2.05) is 0 Å². The minimum atomic E-state index is -4.59. The zero-order valence-corrected chi connectivity index (χ0v) is 14.4. The van der Waals surface area contributed by atoms with Crippen LogP contribution in [0.2, 0.25) is 0 Å². The molecular formula is C11H15BrF3NO3S2. The van der Waals surface area contributed by atoms with E-state index in [1.165, 1.54) is 11.4 Å². The Bertz CT molecular complexity index is 545. The first-order valence-electron chi connectivity index (χ1n) is 6.06. The van der Waals surface area contributed by atoms with Crippen LogP contribution < -0.4 is 0 Å². The number of nitrogens with zero attached hydrogens (tertiary/aromatic N) is 1. The van der Waals surface area contributed by atoms with Gasteiger partial charge in [-0.3, -0.25) is 0 Å². The fraction of sp³-hybridized carbons (Fsp3) is 0.636. The normalized spacial score (nSPS) is 13.0. The van der Waals surface area contributed by atoms with Crippen molar-refractivity contribution in [2.75, 3.05) is 26.3 Å². The van der Waals surface area contributed by atoms with E-state index in [0.29, 0.717) is 10.9 Å². The Morgan fingerprint density at radius 2 is 2.10 bits per heavy atom. The van der Waals surface area contributed by atoms with Crippen LogP contribution in [0.15, 0.2) is 20.1 Å². The molecule has 0 aliphatic heterocycles. The van der Waals surface area contributed by atoms with Gasteiger partial charge in [0, 0.05) is 24.2 Å². The quantitative estimate of drug-likeness (QED) is 0.617. The number of alkyl halides is 3. The van der Waals surface area contributed by atoms with Crippen LogP contribution in [0.5, 0.6) is 0 Å². The van der Waals surface area contributed by atoms with Gasteiger partial charge in [0.1, 0.15) is 10.8 Å². The van der Waals surface area contributed by atoms with E-state index in [2.05, 4.69) is 15.9 Å². The lowest BCUT2D eigenvalue weighted by atomic mass is 10.4. The van der Waals surface area contributed by atoms with Crippen LogP contribution in [0.1, 0.15) is 13.3 Å².